The highest BCUT2D eigenvalue weighted by Crippen LogP contribution is 2.28. The van der Waals surface area contributed by atoms with Crippen LogP contribution in [0.1, 0.15) is 18.4 Å². The number of ether oxygens (including phenoxy) is 2. The number of aryl methyl sites for hydroxylation is 1. The third-order valence-electron chi connectivity index (χ3n) is 5.73. The highest BCUT2D eigenvalue weighted by Gasteiger charge is 2.27. The molecule has 0 unspecified atom stereocenters. The Morgan fingerprint density at radius 3 is 2.34 bits per heavy atom. The SMILES string of the molecule is COc1cc(NC(=O)[C@@H]2CCCN(c3ccc(-c4ccc(C)cc4)nn3)C2)cc(OC)c1. The van der Waals surface area contributed by atoms with Crippen LogP contribution in [-0.4, -0.2) is 43.4 Å². The maximum atomic E-state index is 13.0. The van der Waals surface area contributed by atoms with Crippen molar-refractivity contribution in [1.29, 1.82) is 0 Å². The zero-order valence-corrected chi connectivity index (χ0v) is 18.7. The Morgan fingerprint density at radius 1 is 1.00 bits per heavy atom. The van der Waals surface area contributed by atoms with Gasteiger partial charge < -0.3 is 19.7 Å². The molecule has 1 N–H and O–H groups in total. The minimum Gasteiger partial charge on any atom is -0.497 e. The van der Waals surface area contributed by atoms with E-state index in [0.717, 1.165) is 36.5 Å². The van der Waals surface area contributed by atoms with E-state index in [1.54, 1.807) is 32.4 Å². The molecule has 0 aliphatic carbocycles. The molecule has 0 radical (unpaired) electrons. The van der Waals surface area contributed by atoms with Gasteiger partial charge in [0, 0.05) is 42.5 Å². The van der Waals surface area contributed by atoms with Gasteiger partial charge in [0.1, 0.15) is 11.5 Å². The number of piperidine rings is 1. The Balaban J connectivity index is 1.43. The fraction of sp³-hybridized carbons (Fsp3) is 0.320. The van der Waals surface area contributed by atoms with Gasteiger partial charge in [-0.25, -0.2) is 0 Å². The molecule has 0 saturated carbocycles. The largest absolute Gasteiger partial charge is 0.497 e. The second kappa shape index (κ2) is 9.68. The Hall–Kier alpha value is -3.61. The van der Waals surface area contributed by atoms with Crippen molar-refractivity contribution in [1.82, 2.24) is 10.2 Å². The first-order valence-electron chi connectivity index (χ1n) is 10.8. The molecule has 166 valence electrons. The number of methoxy groups -OCH3 is 2. The van der Waals surface area contributed by atoms with Gasteiger partial charge in [0.25, 0.3) is 0 Å². The van der Waals surface area contributed by atoms with E-state index in [4.69, 9.17) is 9.47 Å². The van der Waals surface area contributed by atoms with Crippen LogP contribution >= 0.6 is 0 Å². The predicted molar refractivity (Wildman–Crippen MR) is 125 cm³/mol. The van der Waals surface area contributed by atoms with Crippen LogP contribution in [0.4, 0.5) is 11.5 Å². The number of amides is 1. The van der Waals surface area contributed by atoms with Crippen LogP contribution in [0, 0.1) is 12.8 Å². The third kappa shape index (κ3) is 4.99. The summed E-state index contributed by atoms with van der Waals surface area (Å²) in [5, 5.41) is 11.9. The smallest absolute Gasteiger partial charge is 0.229 e. The molecular weight excluding hydrogens is 404 g/mol. The van der Waals surface area contributed by atoms with Gasteiger partial charge in [0.15, 0.2) is 5.82 Å². The van der Waals surface area contributed by atoms with Crippen LogP contribution < -0.4 is 19.7 Å². The molecule has 7 heteroatoms. The van der Waals surface area contributed by atoms with Crippen molar-refractivity contribution in [2.75, 3.05) is 37.5 Å². The highest BCUT2D eigenvalue weighted by atomic mass is 16.5. The number of hydrogen-bond acceptors (Lipinski definition) is 6. The summed E-state index contributed by atoms with van der Waals surface area (Å²) in [5.74, 6) is 1.90. The van der Waals surface area contributed by atoms with Crippen molar-refractivity contribution >= 4 is 17.4 Å². The van der Waals surface area contributed by atoms with Crippen LogP contribution in [0.3, 0.4) is 0 Å². The van der Waals surface area contributed by atoms with Crippen molar-refractivity contribution in [3.05, 3.63) is 60.2 Å². The van der Waals surface area contributed by atoms with Crippen molar-refractivity contribution in [2.24, 2.45) is 5.92 Å². The summed E-state index contributed by atoms with van der Waals surface area (Å²) in [6, 6.07) is 17.5. The van der Waals surface area contributed by atoms with Gasteiger partial charge in [-0.3, -0.25) is 4.79 Å². The average Bonchev–Trinajstić information content (AvgIpc) is 2.84. The van der Waals surface area contributed by atoms with Gasteiger partial charge >= 0.3 is 0 Å². The first-order chi connectivity index (χ1) is 15.6. The highest BCUT2D eigenvalue weighted by molar-refractivity contribution is 5.93. The lowest BCUT2D eigenvalue weighted by Crippen LogP contribution is -2.41. The molecule has 1 saturated heterocycles. The molecule has 1 aliphatic heterocycles. The summed E-state index contributed by atoms with van der Waals surface area (Å²) in [7, 11) is 3.18. The second-order valence-electron chi connectivity index (χ2n) is 8.02. The summed E-state index contributed by atoms with van der Waals surface area (Å²) in [6.45, 7) is 3.52. The quantitative estimate of drug-likeness (QED) is 0.625. The molecular formula is C25H28N4O3. The van der Waals surface area contributed by atoms with E-state index in [1.807, 2.05) is 24.3 Å². The number of nitrogens with zero attached hydrogens (tertiary/aromatic N) is 3. The zero-order chi connectivity index (χ0) is 22.5. The topological polar surface area (TPSA) is 76.6 Å². The van der Waals surface area contributed by atoms with E-state index in [-0.39, 0.29) is 11.8 Å². The van der Waals surface area contributed by atoms with Crippen molar-refractivity contribution in [2.45, 2.75) is 19.8 Å². The van der Waals surface area contributed by atoms with Crippen molar-refractivity contribution in [3.8, 4) is 22.8 Å². The Labute approximate surface area is 188 Å². The van der Waals surface area contributed by atoms with Crippen LogP contribution in [-0.2, 0) is 4.79 Å². The van der Waals surface area contributed by atoms with E-state index in [2.05, 4.69) is 39.5 Å². The third-order valence-corrected chi connectivity index (χ3v) is 5.73. The average molecular weight is 433 g/mol. The minimum absolute atomic E-state index is 0.0192. The van der Waals surface area contributed by atoms with Gasteiger partial charge in [-0.15, -0.1) is 10.2 Å². The standard InChI is InChI=1S/C25H28N4O3/c1-17-6-8-18(9-7-17)23-10-11-24(28-27-23)29-12-4-5-19(16-29)25(30)26-20-13-21(31-2)15-22(14-20)32-3/h6-11,13-15,19H,4-5,12,16H2,1-3H3,(H,26,30)/t19-/m1/s1. The summed E-state index contributed by atoms with van der Waals surface area (Å²) >= 11 is 0. The summed E-state index contributed by atoms with van der Waals surface area (Å²) in [5.41, 5.74) is 3.75. The molecule has 7 nitrogen and oxygen atoms in total. The lowest BCUT2D eigenvalue weighted by atomic mass is 9.97. The molecule has 2 aromatic carbocycles. The number of rotatable bonds is 6. The molecule has 2 heterocycles. The van der Waals surface area contributed by atoms with E-state index in [0.29, 0.717) is 23.7 Å². The molecule has 3 aromatic rings. The number of hydrogen-bond donors (Lipinski definition) is 1. The Morgan fingerprint density at radius 2 is 1.72 bits per heavy atom. The number of aromatic nitrogens is 2. The zero-order valence-electron chi connectivity index (χ0n) is 18.7. The summed E-state index contributed by atoms with van der Waals surface area (Å²) < 4.78 is 10.6. The van der Waals surface area contributed by atoms with Gasteiger partial charge in [-0.05, 0) is 31.9 Å². The first kappa shape index (κ1) is 21.6. The Bertz CT molecular complexity index is 1050. The first-order valence-corrected chi connectivity index (χ1v) is 10.8. The van der Waals surface area contributed by atoms with E-state index in [1.165, 1.54) is 5.56 Å². The maximum Gasteiger partial charge on any atom is 0.229 e. The van der Waals surface area contributed by atoms with Gasteiger partial charge in [0.2, 0.25) is 5.91 Å². The number of benzene rings is 2. The van der Waals surface area contributed by atoms with Crippen LogP contribution in [0.5, 0.6) is 11.5 Å². The molecule has 1 atom stereocenters. The fourth-order valence-corrected chi connectivity index (χ4v) is 3.90. The monoisotopic (exact) mass is 432 g/mol. The predicted octanol–water partition coefficient (Wildman–Crippen LogP) is 4.32. The van der Waals surface area contributed by atoms with E-state index >= 15 is 0 Å². The van der Waals surface area contributed by atoms with Crippen LogP contribution in [0.2, 0.25) is 0 Å². The number of carbonyl (C=O) groups excluding carboxylic acids is 1. The number of anilines is 2. The van der Waals surface area contributed by atoms with Gasteiger partial charge in [-0.1, -0.05) is 29.8 Å². The van der Waals surface area contributed by atoms with Crippen LogP contribution in [0.25, 0.3) is 11.3 Å². The molecule has 1 aliphatic rings. The van der Waals surface area contributed by atoms with E-state index < -0.39 is 0 Å². The maximum absolute atomic E-state index is 13.0. The molecule has 32 heavy (non-hydrogen) atoms. The Kier molecular flexibility index (Phi) is 6.54. The van der Waals surface area contributed by atoms with Gasteiger partial charge in [-0.2, -0.15) is 0 Å². The summed E-state index contributed by atoms with van der Waals surface area (Å²) in [6.07, 6.45) is 1.75. The molecule has 0 bridgehead atoms. The molecule has 1 fully saturated rings. The van der Waals surface area contributed by atoms with Crippen LogP contribution in [0.15, 0.2) is 54.6 Å². The number of carbonyl (C=O) groups is 1. The van der Waals surface area contributed by atoms with E-state index in [9.17, 15) is 4.79 Å². The minimum atomic E-state index is -0.139. The molecule has 0 spiro atoms. The number of nitrogens with one attached hydrogen (secondary N) is 1. The van der Waals surface area contributed by atoms with Crippen molar-refractivity contribution in [3.63, 3.8) is 0 Å². The molecule has 1 amide bonds. The fourth-order valence-electron chi connectivity index (χ4n) is 3.90. The van der Waals surface area contributed by atoms with Gasteiger partial charge in [0.05, 0.1) is 25.8 Å². The lowest BCUT2D eigenvalue weighted by molar-refractivity contribution is -0.120. The second-order valence-corrected chi connectivity index (χ2v) is 8.02. The van der Waals surface area contributed by atoms with Crippen molar-refractivity contribution < 1.29 is 14.3 Å². The summed E-state index contributed by atoms with van der Waals surface area (Å²) in [4.78, 5) is 15.1. The normalized spacial score (nSPS) is 15.8. The lowest BCUT2D eigenvalue weighted by Gasteiger charge is -2.32. The molecule has 4 rings (SSSR count). The molecule has 1 aromatic heterocycles.